The molecule has 6 heteroatoms. The number of amides is 2. The van der Waals surface area contributed by atoms with Gasteiger partial charge in [0.05, 0.1) is 13.2 Å². The summed E-state index contributed by atoms with van der Waals surface area (Å²) in [6, 6.07) is 14.4. The fourth-order valence-electron chi connectivity index (χ4n) is 3.95. The summed E-state index contributed by atoms with van der Waals surface area (Å²) in [5.41, 5.74) is 1.45. The van der Waals surface area contributed by atoms with Crippen molar-refractivity contribution in [3.05, 3.63) is 59.9 Å². The Kier molecular flexibility index (Phi) is 5.86. The Morgan fingerprint density at radius 2 is 1.90 bits per heavy atom. The molecule has 2 aromatic rings. The maximum absolute atomic E-state index is 13.7. The minimum Gasteiger partial charge on any atom is -0.361 e. The van der Waals surface area contributed by atoms with Crippen LogP contribution in [0.25, 0.3) is 11.1 Å². The highest BCUT2D eigenvalue weighted by atomic mass is 19.1. The van der Waals surface area contributed by atoms with Gasteiger partial charge in [0.1, 0.15) is 5.82 Å². The highest BCUT2D eigenvalue weighted by molar-refractivity contribution is 5.88. The van der Waals surface area contributed by atoms with E-state index >= 15 is 0 Å². The Labute approximate surface area is 176 Å². The van der Waals surface area contributed by atoms with Crippen molar-refractivity contribution in [2.45, 2.75) is 44.2 Å². The standard InChI is InChI=1S/C24H27FN2O3/c1-2-22(28)27-11-12-30-24(16-27,23(29)26-21-9-10-21)15-17-5-3-6-18(13-17)19-7-4-8-20(25)14-19/h3-8,13-14,21H,2,9-12,15-16H2,1H3,(H,26,29)/t24-/m0/s1. The van der Waals surface area contributed by atoms with E-state index in [1.165, 1.54) is 12.1 Å². The molecular weight excluding hydrogens is 383 g/mol. The maximum Gasteiger partial charge on any atom is 0.254 e. The van der Waals surface area contributed by atoms with Crippen LogP contribution in [0.15, 0.2) is 48.5 Å². The van der Waals surface area contributed by atoms with Crippen LogP contribution in [0.2, 0.25) is 0 Å². The minimum atomic E-state index is -1.12. The van der Waals surface area contributed by atoms with Gasteiger partial charge in [-0.05, 0) is 41.7 Å². The molecule has 1 N–H and O–H groups in total. The molecule has 1 aliphatic heterocycles. The molecule has 0 bridgehead atoms. The number of hydrogen-bond donors (Lipinski definition) is 1. The summed E-state index contributed by atoms with van der Waals surface area (Å²) in [7, 11) is 0. The zero-order valence-electron chi connectivity index (χ0n) is 17.2. The van der Waals surface area contributed by atoms with Gasteiger partial charge in [0.2, 0.25) is 5.91 Å². The van der Waals surface area contributed by atoms with Crippen molar-refractivity contribution < 1.29 is 18.7 Å². The molecule has 0 spiro atoms. The van der Waals surface area contributed by atoms with E-state index in [0.717, 1.165) is 29.5 Å². The van der Waals surface area contributed by atoms with Crippen LogP contribution < -0.4 is 5.32 Å². The molecule has 1 atom stereocenters. The number of nitrogens with one attached hydrogen (secondary N) is 1. The zero-order valence-corrected chi connectivity index (χ0v) is 17.2. The average Bonchev–Trinajstić information content (AvgIpc) is 3.57. The molecule has 2 aromatic carbocycles. The van der Waals surface area contributed by atoms with Gasteiger partial charge in [0.15, 0.2) is 5.60 Å². The van der Waals surface area contributed by atoms with E-state index in [2.05, 4.69) is 5.32 Å². The number of morpholine rings is 1. The quantitative estimate of drug-likeness (QED) is 0.795. The number of carbonyl (C=O) groups excluding carboxylic acids is 2. The molecule has 4 rings (SSSR count). The Balaban J connectivity index is 1.62. The molecule has 1 aliphatic carbocycles. The summed E-state index contributed by atoms with van der Waals surface area (Å²) in [5.74, 6) is -0.423. The number of hydrogen-bond acceptors (Lipinski definition) is 3. The molecule has 0 radical (unpaired) electrons. The summed E-state index contributed by atoms with van der Waals surface area (Å²) in [4.78, 5) is 27.3. The Morgan fingerprint density at radius 1 is 1.17 bits per heavy atom. The first kappa shape index (κ1) is 20.5. The summed E-state index contributed by atoms with van der Waals surface area (Å²) in [5, 5.41) is 3.06. The topological polar surface area (TPSA) is 58.6 Å². The molecule has 30 heavy (non-hydrogen) atoms. The lowest BCUT2D eigenvalue weighted by Gasteiger charge is -2.41. The van der Waals surface area contributed by atoms with Crippen LogP contribution in [0.3, 0.4) is 0 Å². The minimum absolute atomic E-state index is 0.0235. The normalized spacial score (nSPS) is 21.3. The number of rotatable bonds is 6. The van der Waals surface area contributed by atoms with Crippen LogP contribution in [0, 0.1) is 5.82 Å². The Hall–Kier alpha value is -2.73. The molecule has 1 saturated heterocycles. The molecule has 5 nitrogen and oxygen atoms in total. The van der Waals surface area contributed by atoms with E-state index in [1.54, 1.807) is 11.0 Å². The molecule has 2 aliphatic rings. The van der Waals surface area contributed by atoms with Crippen LogP contribution in [-0.2, 0) is 20.7 Å². The van der Waals surface area contributed by atoms with Crippen molar-refractivity contribution in [2.24, 2.45) is 0 Å². The first-order valence-corrected chi connectivity index (χ1v) is 10.6. The monoisotopic (exact) mass is 410 g/mol. The van der Waals surface area contributed by atoms with Crippen LogP contribution in [-0.4, -0.2) is 48.1 Å². The molecule has 158 valence electrons. The molecular formula is C24H27FN2O3. The van der Waals surface area contributed by atoms with Crippen LogP contribution in [0.4, 0.5) is 4.39 Å². The lowest BCUT2D eigenvalue weighted by molar-refractivity contribution is -0.166. The highest BCUT2D eigenvalue weighted by Gasteiger charge is 2.46. The van der Waals surface area contributed by atoms with Gasteiger partial charge >= 0.3 is 0 Å². The number of ether oxygens (including phenoxy) is 1. The zero-order chi connectivity index (χ0) is 21.1. The molecule has 2 amide bonds. The maximum atomic E-state index is 13.7. The van der Waals surface area contributed by atoms with Gasteiger partial charge in [0, 0.05) is 25.4 Å². The summed E-state index contributed by atoms with van der Waals surface area (Å²) < 4.78 is 19.7. The predicted molar refractivity (Wildman–Crippen MR) is 112 cm³/mol. The molecule has 1 saturated carbocycles. The van der Waals surface area contributed by atoms with E-state index in [-0.39, 0.29) is 30.2 Å². The van der Waals surface area contributed by atoms with Gasteiger partial charge in [-0.3, -0.25) is 9.59 Å². The van der Waals surface area contributed by atoms with E-state index in [9.17, 15) is 14.0 Å². The lowest BCUT2D eigenvalue weighted by Crippen LogP contribution is -2.62. The third-order valence-corrected chi connectivity index (χ3v) is 5.74. The van der Waals surface area contributed by atoms with E-state index in [4.69, 9.17) is 4.74 Å². The van der Waals surface area contributed by atoms with Gasteiger partial charge in [0.25, 0.3) is 5.91 Å². The largest absolute Gasteiger partial charge is 0.361 e. The second-order valence-electron chi connectivity index (χ2n) is 8.15. The average molecular weight is 410 g/mol. The second kappa shape index (κ2) is 8.56. The van der Waals surface area contributed by atoms with Crippen LogP contribution in [0.1, 0.15) is 31.7 Å². The van der Waals surface area contributed by atoms with E-state index in [1.807, 2.05) is 37.3 Å². The first-order valence-electron chi connectivity index (χ1n) is 10.6. The van der Waals surface area contributed by atoms with Crippen molar-refractivity contribution in [3.8, 4) is 11.1 Å². The van der Waals surface area contributed by atoms with Crippen molar-refractivity contribution in [1.29, 1.82) is 0 Å². The number of carbonyl (C=O) groups is 2. The van der Waals surface area contributed by atoms with E-state index < -0.39 is 5.60 Å². The van der Waals surface area contributed by atoms with Gasteiger partial charge in [-0.25, -0.2) is 4.39 Å². The second-order valence-corrected chi connectivity index (χ2v) is 8.15. The van der Waals surface area contributed by atoms with Gasteiger partial charge < -0.3 is 15.0 Å². The van der Waals surface area contributed by atoms with E-state index in [0.29, 0.717) is 26.0 Å². The fraction of sp³-hybridized carbons (Fsp3) is 0.417. The van der Waals surface area contributed by atoms with Gasteiger partial charge in [-0.15, -0.1) is 0 Å². The van der Waals surface area contributed by atoms with Crippen LogP contribution in [0.5, 0.6) is 0 Å². The van der Waals surface area contributed by atoms with Gasteiger partial charge in [-0.1, -0.05) is 43.3 Å². The third kappa shape index (κ3) is 4.54. The van der Waals surface area contributed by atoms with Crippen molar-refractivity contribution in [1.82, 2.24) is 10.2 Å². The van der Waals surface area contributed by atoms with Gasteiger partial charge in [-0.2, -0.15) is 0 Å². The predicted octanol–water partition coefficient (Wildman–Crippen LogP) is 3.32. The third-order valence-electron chi connectivity index (χ3n) is 5.74. The van der Waals surface area contributed by atoms with Crippen LogP contribution >= 0.6 is 0 Å². The Bertz CT molecular complexity index is 944. The summed E-state index contributed by atoms with van der Waals surface area (Å²) in [6.45, 7) is 2.89. The highest BCUT2D eigenvalue weighted by Crippen LogP contribution is 2.29. The number of benzene rings is 2. The molecule has 2 fully saturated rings. The number of nitrogens with zero attached hydrogens (tertiary/aromatic N) is 1. The molecule has 0 aromatic heterocycles. The summed E-state index contributed by atoms with van der Waals surface area (Å²) >= 11 is 0. The van der Waals surface area contributed by atoms with Crippen molar-refractivity contribution >= 4 is 11.8 Å². The Morgan fingerprint density at radius 3 is 2.60 bits per heavy atom. The first-order chi connectivity index (χ1) is 14.5. The molecule has 0 unspecified atom stereocenters. The smallest absolute Gasteiger partial charge is 0.254 e. The SMILES string of the molecule is CCC(=O)N1CCO[C@](Cc2cccc(-c3cccc(F)c3)c2)(C(=O)NC2CC2)C1. The fourth-order valence-corrected chi connectivity index (χ4v) is 3.95. The number of halogens is 1. The molecule has 1 heterocycles. The summed E-state index contributed by atoms with van der Waals surface area (Å²) in [6.07, 6.45) is 2.71. The van der Waals surface area contributed by atoms with Crippen molar-refractivity contribution in [2.75, 3.05) is 19.7 Å². The van der Waals surface area contributed by atoms with Crippen molar-refractivity contribution in [3.63, 3.8) is 0 Å². The lowest BCUT2D eigenvalue weighted by atomic mass is 9.89.